The Morgan fingerprint density at radius 3 is 2.90 bits per heavy atom. The van der Waals surface area contributed by atoms with Gasteiger partial charge in [0.1, 0.15) is 0 Å². The molecule has 0 radical (unpaired) electrons. The highest BCUT2D eigenvalue weighted by Gasteiger charge is 2.42. The topological polar surface area (TPSA) is 45.5 Å². The second-order valence-corrected chi connectivity index (χ2v) is 6.26. The number of carboxylic acid groups (broad SMARTS) is 1. The molecule has 2 unspecified atom stereocenters. The molecule has 0 amide bonds. The van der Waals surface area contributed by atoms with Gasteiger partial charge in [0.2, 0.25) is 0 Å². The van der Waals surface area contributed by atoms with E-state index < -0.39 is 5.97 Å². The SMILES string of the molecule is Cn1c2c(c3ccccc31)CCN1CCCC(C(=O)O)C21. The maximum Gasteiger partial charge on any atom is 0.308 e. The molecule has 0 bridgehead atoms. The van der Waals surface area contributed by atoms with E-state index >= 15 is 0 Å². The Kier molecular flexibility index (Phi) is 2.82. The highest BCUT2D eigenvalue weighted by atomic mass is 16.4. The molecule has 4 nitrogen and oxygen atoms in total. The molecule has 4 rings (SSSR count). The molecule has 1 N–H and O–H groups in total. The summed E-state index contributed by atoms with van der Waals surface area (Å²) >= 11 is 0. The largest absolute Gasteiger partial charge is 0.481 e. The van der Waals surface area contributed by atoms with Gasteiger partial charge in [-0.2, -0.15) is 0 Å². The van der Waals surface area contributed by atoms with Crippen molar-refractivity contribution in [3.8, 4) is 0 Å². The van der Waals surface area contributed by atoms with Crippen molar-refractivity contribution in [1.29, 1.82) is 0 Å². The molecule has 110 valence electrons. The van der Waals surface area contributed by atoms with Crippen LogP contribution in [0.2, 0.25) is 0 Å². The summed E-state index contributed by atoms with van der Waals surface area (Å²) in [5, 5.41) is 10.9. The third kappa shape index (κ3) is 1.75. The van der Waals surface area contributed by atoms with Gasteiger partial charge in [0, 0.05) is 30.2 Å². The van der Waals surface area contributed by atoms with E-state index in [1.807, 2.05) is 0 Å². The lowest BCUT2D eigenvalue weighted by Gasteiger charge is -2.43. The number of para-hydroxylation sites is 1. The quantitative estimate of drug-likeness (QED) is 0.875. The first kappa shape index (κ1) is 12.9. The molecule has 1 aromatic carbocycles. The first-order chi connectivity index (χ1) is 10.2. The zero-order chi connectivity index (χ0) is 14.6. The van der Waals surface area contributed by atoms with Crippen LogP contribution in [0.25, 0.3) is 10.9 Å². The molecule has 2 atom stereocenters. The number of carboxylic acids is 1. The maximum atomic E-state index is 11.7. The minimum absolute atomic E-state index is 0.0393. The molecule has 2 aliphatic rings. The first-order valence-corrected chi connectivity index (χ1v) is 7.71. The number of aromatic nitrogens is 1. The summed E-state index contributed by atoms with van der Waals surface area (Å²) in [6.07, 6.45) is 2.81. The Bertz CT molecular complexity index is 719. The molecule has 0 spiro atoms. The minimum atomic E-state index is -0.650. The second-order valence-electron chi connectivity index (χ2n) is 6.26. The lowest BCUT2D eigenvalue weighted by molar-refractivity contribution is -0.146. The zero-order valence-electron chi connectivity index (χ0n) is 12.2. The van der Waals surface area contributed by atoms with E-state index in [1.165, 1.54) is 22.2 Å². The minimum Gasteiger partial charge on any atom is -0.481 e. The molecule has 2 aliphatic heterocycles. The van der Waals surface area contributed by atoms with E-state index in [-0.39, 0.29) is 12.0 Å². The summed E-state index contributed by atoms with van der Waals surface area (Å²) in [5.41, 5.74) is 3.82. The van der Waals surface area contributed by atoms with Crippen molar-refractivity contribution in [2.45, 2.75) is 25.3 Å². The Balaban J connectivity index is 1.95. The van der Waals surface area contributed by atoms with Crippen molar-refractivity contribution < 1.29 is 9.90 Å². The number of aryl methyl sites for hydroxylation is 1. The molecule has 3 heterocycles. The van der Waals surface area contributed by atoms with Gasteiger partial charge in [-0.15, -0.1) is 0 Å². The van der Waals surface area contributed by atoms with Crippen LogP contribution in [-0.4, -0.2) is 33.6 Å². The van der Waals surface area contributed by atoms with Gasteiger partial charge in [-0.3, -0.25) is 9.69 Å². The van der Waals surface area contributed by atoms with Gasteiger partial charge >= 0.3 is 5.97 Å². The third-order valence-corrected chi connectivity index (χ3v) is 5.24. The van der Waals surface area contributed by atoms with Gasteiger partial charge in [-0.25, -0.2) is 0 Å². The molecule has 21 heavy (non-hydrogen) atoms. The number of nitrogens with zero attached hydrogens (tertiary/aromatic N) is 2. The van der Waals surface area contributed by atoms with Gasteiger partial charge < -0.3 is 9.67 Å². The lowest BCUT2D eigenvalue weighted by Crippen LogP contribution is -2.46. The Morgan fingerprint density at radius 2 is 2.10 bits per heavy atom. The fourth-order valence-electron chi connectivity index (χ4n) is 4.33. The van der Waals surface area contributed by atoms with Crippen molar-refractivity contribution in [2.24, 2.45) is 13.0 Å². The van der Waals surface area contributed by atoms with Crippen LogP contribution in [0.15, 0.2) is 24.3 Å². The van der Waals surface area contributed by atoms with E-state index in [0.29, 0.717) is 0 Å². The smallest absolute Gasteiger partial charge is 0.308 e. The predicted octanol–water partition coefficient (Wildman–Crippen LogP) is 2.57. The standard InChI is InChI=1S/C17H20N2O2/c1-18-14-7-3-2-5-11(14)12-8-10-19-9-4-6-13(17(20)21)16(19)15(12)18/h2-3,5,7,13,16H,4,6,8-10H2,1H3,(H,20,21). The molecular weight excluding hydrogens is 264 g/mol. The van der Waals surface area contributed by atoms with Gasteiger partial charge in [-0.1, -0.05) is 18.2 Å². The van der Waals surface area contributed by atoms with Crippen molar-refractivity contribution in [3.63, 3.8) is 0 Å². The van der Waals surface area contributed by atoms with E-state index in [1.54, 1.807) is 0 Å². The van der Waals surface area contributed by atoms with E-state index in [4.69, 9.17) is 0 Å². The van der Waals surface area contributed by atoms with Gasteiger partial charge in [-0.05, 0) is 37.4 Å². The highest BCUT2D eigenvalue weighted by Crippen LogP contribution is 2.43. The molecule has 0 aliphatic carbocycles. The third-order valence-electron chi connectivity index (χ3n) is 5.24. The predicted molar refractivity (Wildman–Crippen MR) is 81.3 cm³/mol. The summed E-state index contributed by atoms with van der Waals surface area (Å²) in [6, 6.07) is 8.47. The van der Waals surface area contributed by atoms with Crippen LogP contribution in [0, 0.1) is 5.92 Å². The summed E-state index contributed by atoms with van der Waals surface area (Å²) in [6.45, 7) is 2.00. The fraction of sp³-hybridized carbons (Fsp3) is 0.471. The number of rotatable bonds is 1. The van der Waals surface area contributed by atoms with E-state index in [0.717, 1.165) is 32.4 Å². The van der Waals surface area contributed by atoms with Crippen LogP contribution < -0.4 is 0 Å². The zero-order valence-corrected chi connectivity index (χ0v) is 12.2. The average Bonchev–Trinajstić information content (AvgIpc) is 2.80. The number of carbonyl (C=O) groups is 1. The summed E-state index contributed by atoms with van der Waals surface area (Å²) in [5.74, 6) is -0.927. The molecule has 2 aromatic rings. The number of aliphatic carboxylic acids is 1. The maximum absolute atomic E-state index is 11.7. The average molecular weight is 284 g/mol. The Hall–Kier alpha value is -1.81. The number of hydrogen-bond donors (Lipinski definition) is 1. The normalized spacial score (nSPS) is 25.6. The van der Waals surface area contributed by atoms with Crippen molar-refractivity contribution in [1.82, 2.24) is 9.47 Å². The molecule has 1 aromatic heterocycles. The molecule has 0 saturated carbocycles. The van der Waals surface area contributed by atoms with Gasteiger partial charge in [0.15, 0.2) is 0 Å². The van der Waals surface area contributed by atoms with Gasteiger partial charge in [0.05, 0.1) is 12.0 Å². The second kappa shape index (κ2) is 4.60. The van der Waals surface area contributed by atoms with Gasteiger partial charge in [0.25, 0.3) is 0 Å². The van der Waals surface area contributed by atoms with Crippen LogP contribution in [0.1, 0.15) is 30.1 Å². The Labute approximate surface area is 124 Å². The molecule has 1 saturated heterocycles. The monoisotopic (exact) mass is 284 g/mol. The fourth-order valence-corrected chi connectivity index (χ4v) is 4.33. The first-order valence-electron chi connectivity index (χ1n) is 7.71. The number of hydrogen-bond acceptors (Lipinski definition) is 2. The summed E-state index contributed by atoms with van der Waals surface area (Å²) < 4.78 is 2.22. The van der Waals surface area contributed by atoms with Crippen molar-refractivity contribution in [2.75, 3.05) is 13.1 Å². The van der Waals surface area contributed by atoms with E-state index in [9.17, 15) is 9.90 Å². The van der Waals surface area contributed by atoms with E-state index in [2.05, 4.69) is 40.8 Å². The summed E-state index contributed by atoms with van der Waals surface area (Å²) in [4.78, 5) is 14.1. The van der Waals surface area contributed by atoms with Crippen LogP contribution in [0.4, 0.5) is 0 Å². The number of benzene rings is 1. The Morgan fingerprint density at radius 1 is 1.29 bits per heavy atom. The van der Waals surface area contributed by atoms with Crippen LogP contribution in [-0.2, 0) is 18.3 Å². The molecule has 1 fully saturated rings. The van der Waals surface area contributed by atoms with Crippen molar-refractivity contribution in [3.05, 3.63) is 35.5 Å². The van der Waals surface area contributed by atoms with Crippen LogP contribution in [0.3, 0.4) is 0 Å². The number of piperidine rings is 1. The lowest BCUT2D eigenvalue weighted by atomic mass is 9.82. The number of fused-ring (bicyclic) bond motifs is 5. The summed E-state index contributed by atoms with van der Waals surface area (Å²) in [7, 11) is 2.08. The highest BCUT2D eigenvalue weighted by molar-refractivity contribution is 5.86. The van der Waals surface area contributed by atoms with Crippen LogP contribution in [0.5, 0.6) is 0 Å². The molecular formula is C17H20N2O2. The van der Waals surface area contributed by atoms with Crippen molar-refractivity contribution >= 4 is 16.9 Å². The van der Waals surface area contributed by atoms with Crippen LogP contribution >= 0.6 is 0 Å². The molecule has 4 heteroatoms.